The van der Waals surface area contributed by atoms with Gasteiger partial charge >= 0.3 is 0 Å². The summed E-state index contributed by atoms with van der Waals surface area (Å²) in [6.45, 7) is 1.99. The molecule has 28 heavy (non-hydrogen) atoms. The average Bonchev–Trinajstić information content (AvgIpc) is 2.99. The molecule has 0 radical (unpaired) electrons. The van der Waals surface area contributed by atoms with Crippen LogP contribution in [0.15, 0.2) is 23.6 Å². The van der Waals surface area contributed by atoms with Crippen LogP contribution in [0.1, 0.15) is 25.7 Å². The third-order valence-electron chi connectivity index (χ3n) is 5.27. The zero-order valence-corrected chi connectivity index (χ0v) is 15.8. The van der Waals surface area contributed by atoms with Crippen LogP contribution in [-0.4, -0.2) is 55.6 Å². The van der Waals surface area contributed by atoms with E-state index in [1.54, 1.807) is 12.4 Å². The van der Waals surface area contributed by atoms with Gasteiger partial charge in [-0.25, -0.2) is 4.39 Å². The van der Waals surface area contributed by atoms with Gasteiger partial charge in [-0.1, -0.05) is 18.0 Å². The number of aromatic nitrogens is 1. The Morgan fingerprint density at radius 1 is 1.29 bits per heavy atom. The second-order valence-electron chi connectivity index (χ2n) is 7.30. The first-order valence-electron chi connectivity index (χ1n) is 9.79. The maximum atomic E-state index is 13.4. The molecule has 2 unspecified atom stereocenters. The summed E-state index contributed by atoms with van der Waals surface area (Å²) in [4.78, 5) is 30.4. The number of halogens is 1. The molecule has 1 aromatic rings. The highest BCUT2D eigenvalue weighted by molar-refractivity contribution is 5.96. The number of nitrogens with zero attached hydrogens (tertiary/aromatic N) is 3. The number of alkyl halides is 1. The molecule has 9 nitrogen and oxygen atoms in total. The van der Waals surface area contributed by atoms with E-state index in [1.807, 2.05) is 6.07 Å². The van der Waals surface area contributed by atoms with Crippen LogP contribution in [0.4, 0.5) is 15.8 Å². The molecule has 2 atom stereocenters. The molecular formula is C18H28FN7O2. The number of rotatable bonds is 6. The fraction of sp³-hybridized carbons (Fsp3) is 0.667. The lowest BCUT2D eigenvalue weighted by Gasteiger charge is -2.34. The number of carbonyl (C=O) groups excluding carboxylic acids is 1. The highest BCUT2D eigenvalue weighted by atomic mass is 19.1. The lowest BCUT2D eigenvalue weighted by molar-refractivity contribution is -0.122. The minimum absolute atomic E-state index is 0.0823. The molecule has 0 aliphatic carbocycles. The van der Waals surface area contributed by atoms with Crippen LogP contribution in [0.25, 0.3) is 0 Å². The molecule has 1 aromatic heterocycles. The van der Waals surface area contributed by atoms with Crippen LogP contribution < -0.4 is 26.6 Å². The standard InChI is InChI=1S/C18H28FN7O2/c19-12-9-22-17(23-10-12)15(16(20)25-28)18(27)24-13-11-21-6-5-14(13)26-7-3-1-2-4-8-26/h5-6,11-12,15-17,22-23H,1-4,7-10,20H2,(H,24,27). The lowest BCUT2D eigenvalue weighted by atomic mass is 9.99. The molecule has 2 saturated heterocycles. The average molecular weight is 393 g/mol. The lowest BCUT2D eigenvalue weighted by Crippen LogP contribution is -2.62. The number of pyridine rings is 1. The maximum Gasteiger partial charge on any atom is 0.234 e. The van der Waals surface area contributed by atoms with E-state index >= 15 is 0 Å². The van der Waals surface area contributed by atoms with Gasteiger partial charge in [0.25, 0.3) is 0 Å². The Hall–Kier alpha value is -2.17. The molecule has 0 bridgehead atoms. The minimum Gasteiger partial charge on any atom is -0.370 e. The van der Waals surface area contributed by atoms with Crippen LogP contribution >= 0.6 is 0 Å². The third kappa shape index (κ3) is 5.00. The summed E-state index contributed by atoms with van der Waals surface area (Å²) < 4.78 is 13.4. The van der Waals surface area contributed by atoms with Gasteiger partial charge in [0, 0.05) is 32.4 Å². The third-order valence-corrected chi connectivity index (χ3v) is 5.27. The highest BCUT2D eigenvalue weighted by Gasteiger charge is 2.37. The van der Waals surface area contributed by atoms with Crippen LogP contribution in [0.2, 0.25) is 0 Å². The summed E-state index contributed by atoms with van der Waals surface area (Å²) in [6.07, 6.45) is 4.90. The summed E-state index contributed by atoms with van der Waals surface area (Å²) in [7, 11) is 0. The summed E-state index contributed by atoms with van der Waals surface area (Å²) in [5, 5.41) is 11.5. The van der Waals surface area contributed by atoms with Crippen molar-refractivity contribution in [3.05, 3.63) is 23.4 Å². The number of nitrogens with two attached hydrogens (primary N) is 1. The molecule has 3 rings (SSSR count). The van der Waals surface area contributed by atoms with Crippen molar-refractivity contribution < 1.29 is 9.18 Å². The molecule has 0 aromatic carbocycles. The van der Waals surface area contributed by atoms with Crippen LogP contribution in [0, 0.1) is 10.8 Å². The van der Waals surface area contributed by atoms with Gasteiger partial charge in [-0.05, 0) is 18.9 Å². The number of nitroso groups, excluding NO2 is 1. The Morgan fingerprint density at radius 2 is 1.96 bits per heavy atom. The zero-order chi connectivity index (χ0) is 19.9. The Bertz CT molecular complexity index is 661. The first kappa shape index (κ1) is 20.6. The molecule has 2 aliphatic heterocycles. The number of hydrogen-bond donors (Lipinski definition) is 4. The van der Waals surface area contributed by atoms with E-state index in [-0.39, 0.29) is 13.1 Å². The van der Waals surface area contributed by atoms with Crippen molar-refractivity contribution in [2.75, 3.05) is 36.4 Å². The Labute approximate surface area is 163 Å². The first-order valence-corrected chi connectivity index (χ1v) is 9.79. The van der Waals surface area contributed by atoms with Crippen molar-refractivity contribution in [1.82, 2.24) is 15.6 Å². The first-order chi connectivity index (χ1) is 13.6. The second-order valence-corrected chi connectivity index (χ2v) is 7.30. The van der Waals surface area contributed by atoms with Crippen LogP contribution in [-0.2, 0) is 4.79 Å². The number of amides is 1. The monoisotopic (exact) mass is 393 g/mol. The zero-order valence-electron chi connectivity index (χ0n) is 15.8. The summed E-state index contributed by atoms with van der Waals surface area (Å²) in [6, 6.07) is 1.87. The minimum atomic E-state index is -1.26. The van der Waals surface area contributed by atoms with E-state index < -0.39 is 30.3 Å². The number of anilines is 2. The predicted octanol–water partition coefficient (Wildman–Crippen LogP) is 0.925. The number of nitrogens with one attached hydrogen (secondary N) is 3. The molecule has 0 saturated carbocycles. The van der Waals surface area contributed by atoms with Crippen molar-refractivity contribution in [2.45, 2.75) is 44.2 Å². The molecule has 10 heteroatoms. The van der Waals surface area contributed by atoms with Gasteiger partial charge < -0.3 is 16.0 Å². The molecule has 2 fully saturated rings. The second kappa shape index (κ2) is 9.85. The summed E-state index contributed by atoms with van der Waals surface area (Å²) in [5.74, 6) is -1.44. The molecule has 5 N–H and O–H groups in total. The van der Waals surface area contributed by atoms with Crippen molar-refractivity contribution in [1.29, 1.82) is 0 Å². The topological polar surface area (TPSA) is 125 Å². The maximum absolute atomic E-state index is 13.4. The van der Waals surface area contributed by atoms with Crippen molar-refractivity contribution >= 4 is 17.3 Å². The number of hydrogen-bond acceptors (Lipinski definition) is 8. The van der Waals surface area contributed by atoms with Gasteiger partial charge in [0.2, 0.25) is 5.91 Å². The van der Waals surface area contributed by atoms with E-state index in [2.05, 4.69) is 31.0 Å². The Balaban J connectivity index is 1.77. The van der Waals surface area contributed by atoms with Crippen molar-refractivity contribution in [3.63, 3.8) is 0 Å². The van der Waals surface area contributed by atoms with Gasteiger partial charge in [-0.3, -0.25) is 20.4 Å². The predicted molar refractivity (Wildman–Crippen MR) is 105 cm³/mol. The summed E-state index contributed by atoms with van der Waals surface area (Å²) in [5.41, 5.74) is 7.26. The SMILES string of the molecule is NC(N=O)C(C(=O)Nc1cnccc1N1CCCCCC1)C1NCC(F)CN1. The highest BCUT2D eigenvalue weighted by Crippen LogP contribution is 2.28. The fourth-order valence-corrected chi connectivity index (χ4v) is 3.76. The van der Waals surface area contributed by atoms with E-state index in [4.69, 9.17) is 5.73 Å². The van der Waals surface area contributed by atoms with Crippen LogP contribution in [0.3, 0.4) is 0 Å². The Kier molecular flexibility index (Phi) is 7.24. The molecule has 2 aliphatic rings. The van der Waals surface area contributed by atoms with E-state index in [0.29, 0.717) is 5.69 Å². The van der Waals surface area contributed by atoms with E-state index in [0.717, 1.165) is 31.6 Å². The van der Waals surface area contributed by atoms with Crippen molar-refractivity contribution in [3.8, 4) is 0 Å². The van der Waals surface area contributed by atoms with Crippen molar-refractivity contribution in [2.24, 2.45) is 16.8 Å². The smallest absolute Gasteiger partial charge is 0.234 e. The fourth-order valence-electron chi connectivity index (χ4n) is 3.76. The van der Waals surface area contributed by atoms with Crippen LogP contribution in [0.5, 0.6) is 0 Å². The normalized spacial score (nSPS) is 25.4. The summed E-state index contributed by atoms with van der Waals surface area (Å²) >= 11 is 0. The van der Waals surface area contributed by atoms with Gasteiger partial charge in [-0.15, -0.1) is 4.91 Å². The van der Waals surface area contributed by atoms with Gasteiger partial charge in [0.05, 0.1) is 23.7 Å². The van der Waals surface area contributed by atoms with E-state index in [9.17, 15) is 14.1 Å². The quantitative estimate of drug-likeness (QED) is 0.530. The largest absolute Gasteiger partial charge is 0.370 e. The molecule has 0 spiro atoms. The molecule has 154 valence electrons. The molecule has 1 amide bonds. The number of carbonyl (C=O) groups is 1. The van der Waals surface area contributed by atoms with Gasteiger partial charge in [-0.2, -0.15) is 0 Å². The molecule has 3 heterocycles. The molecular weight excluding hydrogens is 365 g/mol. The Morgan fingerprint density at radius 3 is 2.61 bits per heavy atom. The van der Waals surface area contributed by atoms with E-state index in [1.165, 1.54) is 12.8 Å². The van der Waals surface area contributed by atoms with Gasteiger partial charge in [0.1, 0.15) is 12.1 Å². The van der Waals surface area contributed by atoms with Gasteiger partial charge in [0.15, 0.2) is 6.17 Å².